The fourth-order valence-corrected chi connectivity index (χ4v) is 8.66. The first-order chi connectivity index (χ1) is 32.8. The number of quaternary nitrogens is 1. The summed E-state index contributed by atoms with van der Waals surface area (Å²) in [6.07, 6.45) is 4.95. The van der Waals surface area contributed by atoms with Gasteiger partial charge in [-0.3, -0.25) is 14.2 Å². The Morgan fingerprint density at radius 3 is 1.81 bits per heavy atom. The zero-order valence-corrected chi connectivity index (χ0v) is 41.9. The number of esters is 2. The van der Waals surface area contributed by atoms with Crippen LogP contribution in [0, 0.1) is 17.8 Å². The van der Waals surface area contributed by atoms with E-state index in [1.807, 2.05) is 70.6 Å². The van der Waals surface area contributed by atoms with Crippen LogP contribution >= 0.6 is 0 Å². The van der Waals surface area contributed by atoms with Gasteiger partial charge in [0.2, 0.25) is 0 Å². The number of carbonyl (C=O) groups is 2. The first-order valence-electron chi connectivity index (χ1n) is 24.2. The van der Waals surface area contributed by atoms with Crippen molar-refractivity contribution < 1.29 is 88.9 Å². The highest BCUT2D eigenvalue weighted by atomic mass is 16.7. The van der Waals surface area contributed by atoms with Crippen molar-refractivity contribution in [3.8, 4) is 0 Å². The highest BCUT2D eigenvalue weighted by Crippen LogP contribution is 2.38. The number of methoxy groups -OCH3 is 1. The van der Waals surface area contributed by atoms with Crippen molar-refractivity contribution in [1.82, 2.24) is 5.43 Å². The zero-order valence-electron chi connectivity index (χ0n) is 41.9. The summed E-state index contributed by atoms with van der Waals surface area (Å²) in [5, 5.41) is 110. The van der Waals surface area contributed by atoms with Crippen LogP contribution in [0.1, 0.15) is 79.1 Å². The van der Waals surface area contributed by atoms with E-state index in [0.29, 0.717) is 0 Å². The van der Waals surface area contributed by atoms with Gasteiger partial charge in [-0.2, -0.15) is 5.43 Å². The number of rotatable bonds is 5. The molecule has 3 heterocycles. The molecule has 398 valence electrons. The molecule has 0 aliphatic carbocycles. The maximum absolute atomic E-state index is 13.2. The van der Waals surface area contributed by atoms with E-state index in [0.717, 1.165) is 7.11 Å². The predicted molar refractivity (Wildman–Crippen MR) is 258 cm³/mol. The van der Waals surface area contributed by atoms with E-state index in [1.165, 1.54) is 0 Å². The van der Waals surface area contributed by atoms with Crippen molar-refractivity contribution in [2.75, 3.05) is 28.3 Å². The van der Waals surface area contributed by atoms with E-state index in [-0.39, 0.29) is 36.2 Å². The Bertz CT molecular complexity index is 1800. The van der Waals surface area contributed by atoms with Crippen LogP contribution in [0.25, 0.3) is 0 Å². The van der Waals surface area contributed by atoms with E-state index in [1.54, 1.807) is 63.3 Å². The van der Waals surface area contributed by atoms with Crippen molar-refractivity contribution in [1.29, 1.82) is 0 Å². The average molecular weight is 996 g/mol. The van der Waals surface area contributed by atoms with Crippen molar-refractivity contribution in [2.45, 2.75) is 177 Å². The summed E-state index contributed by atoms with van der Waals surface area (Å²) in [6.45, 7) is 6.86. The second-order valence-corrected chi connectivity index (χ2v) is 19.8. The summed E-state index contributed by atoms with van der Waals surface area (Å²) in [4.78, 5) is 25.9. The number of nitrogens with one attached hydrogen (secondary N) is 1. The van der Waals surface area contributed by atoms with E-state index in [9.17, 15) is 60.7 Å². The van der Waals surface area contributed by atoms with Gasteiger partial charge in [-0.15, -0.1) is 0 Å². The molecule has 0 aromatic heterocycles. The largest absolute Gasteiger partial charge is 0.469 e. The summed E-state index contributed by atoms with van der Waals surface area (Å²) < 4.78 is 29.1. The molecule has 0 saturated carbocycles. The number of nitrogens with zero attached hydrogens (tertiary/aromatic N) is 1. The van der Waals surface area contributed by atoms with Crippen LogP contribution in [-0.4, -0.2) is 193 Å². The monoisotopic (exact) mass is 996 g/mol. The molecule has 3 rings (SSSR count). The number of fused-ring (bicyclic) bond motifs is 2. The molecular formula is C51H83N2O17+. The van der Waals surface area contributed by atoms with Crippen LogP contribution < -0.4 is 5.43 Å². The number of ether oxygens (including phenoxy) is 5. The van der Waals surface area contributed by atoms with Gasteiger partial charge < -0.3 is 74.7 Å². The molecule has 3 aliphatic rings. The van der Waals surface area contributed by atoms with E-state index in [4.69, 9.17) is 23.7 Å². The average Bonchev–Trinajstić information content (AvgIpc) is 3.26. The molecule has 0 unspecified atom stereocenters. The quantitative estimate of drug-likeness (QED) is 0.104. The van der Waals surface area contributed by atoms with E-state index in [2.05, 4.69) is 5.43 Å². The Hall–Kier alpha value is -3.48. The van der Waals surface area contributed by atoms with Crippen molar-refractivity contribution >= 4 is 11.9 Å². The lowest BCUT2D eigenvalue weighted by atomic mass is 9.82. The lowest BCUT2D eigenvalue weighted by Gasteiger charge is -2.46. The standard InChI is InChI=1S/C51H83N2O17/c1-31-21-19-17-15-13-11-9-10-12-14-16-18-20-22-38(69-50-48(63)45(52-53(5,6)7)47(62)34(4)68-50)28-42-44(49(64)66-8)41(59)30-51(65,70-42)29-37(56)26-40(58)39(57)24-23-35(54)25-36(55)27-43(60)67-33(3)32(2)46(31)61/h9-22,31-42,44-48,50,52,54-59,61-63,65H,23-30H2,1-8H3/q+1/t31-,32-,33-,34+,35+,36+,37-,38-,39+,40+,41-,42-,44+,45-,46+,47+,48-,50-,51+/m0/s1. The Labute approximate surface area is 412 Å². The third kappa shape index (κ3) is 20.6. The molecule has 3 aliphatic heterocycles. The van der Waals surface area contributed by atoms with Crippen molar-refractivity contribution in [2.24, 2.45) is 17.8 Å². The van der Waals surface area contributed by atoms with E-state index >= 15 is 0 Å². The van der Waals surface area contributed by atoms with Gasteiger partial charge in [0.1, 0.15) is 30.3 Å². The summed E-state index contributed by atoms with van der Waals surface area (Å²) in [5.74, 6) is -5.93. The number of hydrogen-bond acceptors (Lipinski definition) is 18. The summed E-state index contributed by atoms with van der Waals surface area (Å²) in [7, 11) is 6.57. The lowest BCUT2D eigenvalue weighted by molar-refractivity contribution is -0.919. The minimum atomic E-state index is -2.27. The number of aliphatic hydroxyl groups is 10. The number of carbonyl (C=O) groups excluding carboxylic acids is 2. The molecule has 19 nitrogen and oxygen atoms in total. The minimum absolute atomic E-state index is 0.0938. The third-order valence-electron chi connectivity index (χ3n) is 12.7. The zero-order chi connectivity index (χ0) is 52.3. The predicted octanol–water partition coefficient (Wildman–Crippen LogP) is 1.05. The summed E-state index contributed by atoms with van der Waals surface area (Å²) >= 11 is 0. The summed E-state index contributed by atoms with van der Waals surface area (Å²) in [6, 6.07) is -0.897. The molecule has 0 amide bonds. The second-order valence-electron chi connectivity index (χ2n) is 19.8. The van der Waals surface area contributed by atoms with Gasteiger partial charge in [0.15, 0.2) is 12.1 Å². The smallest absolute Gasteiger partial charge is 0.313 e. The lowest BCUT2D eigenvalue weighted by Crippen LogP contribution is -2.68. The van der Waals surface area contributed by atoms with Crippen molar-refractivity contribution in [3.63, 3.8) is 0 Å². The molecule has 19 heteroatoms. The Morgan fingerprint density at radius 1 is 0.671 bits per heavy atom. The van der Waals surface area contributed by atoms with E-state index < -0.39 is 147 Å². The molecule has 0 spiro atoms. The molecule has 2 saturated heterocycles. The van der Waals surface area contributed by atoms with Crippen LogP contribution in [0.5, 0.6) is 0 Å². The van der Waals surface area contributed by atoms with Gasteiger partial charge in [0.25, 0.3) is 0 Å². The Balaban J connectivity index is 1.93. The number of allylic oxidation sites excluding steroid dienone is 12. The van der Waals surface area contributed by atoms with Gasteiger partial charge >= 0.3 is 11.9 Å². The summed E-state index contributed by atoms with van der Waals surface area (Å²) in [5.41, 5.74) is 3.16. The Kier molecular flexibility index (Phi) is 25.4. The van der Waals surface area contributed by atoms with Crippen LogP contribution in [0.4, 0.5) is 0 Å². The van der Waals surface area contributed by atoms with Gasteiger partial charge in [-0.25, -0.2) is 0 Å². The Morgan fingerprint density at radius 2 is 1.24 bits per heavy atom. The van der Waals surface area contributed by atoms with Gasteiger partial charge in [0.05, 0.1) is 95.7 Å². The van der Waals surface area contributed by atoms with Crippen LogP contribution in [-0.2, 0) is 33.3 Å². The third-order valence-corrected chi connectivity index (χ3v) is 12.7. The molecule has 2 bridgehead atoms. The maximum atomic E-state index is 13.2. The molecular weight excluding hydrogens is 913 g/mol. The molecule has 0 aromatic carbocycles. The number of cyclic esters (lactones) is 1. The highest BCUT2D eigenvalue weighted by Gasteiger charge is 2.52. The van der Waals surface area contributed by atoms with Gasteiger partial charge in [-0.1, -0.05) is 98.9 Å². The second kappa shape index (κ2) is 29.3. The fraction of sp³-hybridized carbons (Fsp3) is 0.686. The molecule has 11 N–H and O–H groups in total. The number of aliphatic hydroxyl groups excluding tert-OH is 9. The topological polar surface area (TPSA) is 295 Å². The first-order valence-corrected chi connectivity index (χ1v) is 24.2. The molecule has 70 heavy (non-hydrogen) atoms. The van der Waals surface area contributed by atoms with Crippen LogP contribution in [0.3, 0.4) is 0 Å². The van der Waals surface area contributed by atoms with Gasteiger partial charge in [-0.05, 0) is 33.1 Å². The van der Waals surface area contributed by atoms with Crippen LogP contribution in [0.15, 0.2) is 85.1 Å². The fourth-order valence-electron chi connectivity index (χ4n) is 8.66. The molecule has 19 atom stereocenters. The SMILES string of the molecule is COC(=O)[C@H]1[C@@H]2C[C@@H](O[C@@H]3O[C@H](C)[C@@H](O)[C@H](N[N+](C)(C)C)[C@@H]3O)C=CC=CC=CC=CC=CC=CC=C[C@H](C)[C@@H](O)[C@@H](C)[C@H](C)OC(=O)C[C@H](O)C[C@H](O)CC[C@@H](O)[C@H](O)C[C@H](O)C[C@](O)(C[C@@H]1O)O2. The maximum Gasteiger partial charge on any atom is 0.313 e. The first kappa shape index (κ1) is 60.8. The van der Waals surface area contributed by atoms with Gasteiger partial charge in [0, 0.05) is 37.5 Å². The van der Waals surface area contributed by atoms with Crippen molar-refractivity contribution in [3.05, 3.63) is 85.1 Å². The molecule has 0 radical (unpaired) electrons. The van der Waals surface area contributed by atoms with Crippen LogP contribution in [0.2, 0.25) is 0 Å². The number of hydrogen-bond donors (Lipinski definition) is 11. The molecule has 2 fully saturated rings. The minimum Gasteiger partial charge on any atom is -0.469 e. The highest BCUT2D eigenvalue weighted by molar-refractivity contribution is 5.74. The normalized spacial score (nSPS) is 40.1. The molecule has 0 aromatic rings.